The Morgan fingerprint density at radius 3 is 2.45 bits per heavy atom. The first-order valence-corrected chi connectivity index (χ1v) is 10.7. The second kappa shape index (κ2) is 7.96. The number of imide groups is 1. The normalized spacial score (nSPS) is 18.2. The molecule has 0 bridgehead atoms. The van der Waals surface area contributed by atoms with Gasteiger partial charge in [-0.05, 0) is 31.5 Å². The fraction of sp³-hybridized carbons (Fsp3) is 0.217. The van der Waals surface area contributed by atoms with Crippen molar-refractivity contribution in [3.05, 3.63) is 76.8 Å². The van der Waals surface area contributed by atoms with Crippen molar-refractivity contribution in [1.29, 1.82) is 0 Å². The van der Waals surface area contributed by atoms with E-state index in [1.165, 1.54) is 28.1 Å². The summed E-state index contributed by atoms with van der Waals surface area (Å²) in [7, 11) is 0. The second-order valence-electron chi connectivity index (χ2n) is 7.62. The molecule has 1 aliphatic rings. The standard InChI is InChI=1S/C23H22N4O3S/c1-15-9-11-17(12-10-15)23(3)20(29)26(21(30)25-23)13-18-14-31-22(24-18)27(16(2)28)19-7-5-4-6-8-19/h4-12,14H,13H2,1-3H3,(H,25,30). The van der Waals surface area contributed by atoms with Gasteiger partial charge in [0.2, 0.25) is 5.91 Å². The summed E-state index contributed by atoms with van der Waals surface area (Å²) in [6.07, 6.45) is 0. The van der Waals surface area contributed by atoms with Gasteiger partial charge in [0.05, 0.1) is 17.9 Å². The highest BCUT2D eigenvalue weighted by Gasteiger charge is 2.49. The zero-order valence-corrected chi connectivity index (χ0v) is 18.3. The number of thiazole rings is 1. The van der Waals surface area contributed by atoms with Gasteiger partial charge in [0.1, 0.15) is 5.54 Å². The highest BCUT2D eigenvalue weighted by molar-refractivity contribution is 7.14. The summed E-state index contributed by atoms with van der Waals surface area (Å²) in [5.74, 6) is -0.503. The van der Waals surface area contributed by atoms with E-state index in [2.05, 4.69) is 10.3 Å². The van der Waals surface area contributed by atoms with Crippen LogP contribution in [0.4, 0.5) is 15.6 Å². The molecule has 0 radical (unpaired) electrons. The minimum atomic E-state index is -1.13. The van der Waals surface area contributed by atoms with Crippen molar-refractivity contribution in [3.8, 4) is 0 Å². The van der Waals surface area contributed by atoms with Crippen molar-refractivity contribution in [2.24, 2.45) is 0 Å². The maximum absolute atomic E-state index is 13.2. The third-order valence-corrected chi connectivity index (χ3v) is 6.16. The summed E-state index contributed by atoms with van der Waals surface area (Å²) in [4.78, 5) is 45.2. The molecule has 0 spiro atoms. The Morgan fingerprint density at radius 2 is 1.81 bits per heavy atom. The van der Waals surface area contributed by atoms with Gasteiger partial charge in [0.25, 0.3) is 5.91 Å². The number of nitrogens with zero attached hydrogens (tertiary/aromatic N) is 3. The van der Waals surface area contributed by atoms with E-state index < -0.39 is 11.6 Å². The predicted molar refractivity (Wildman–Crippen MR) is 119 cm³/mol. The number of aromatic nitrogens is 1. The van der Waals surface area contributed by atoms with Crippen LogP contribution in [0.3, 0.4) is 0 Å². The molecule has 1 atom stereocenters. The number of rotatable bonds is 5. The van der Waals surface area contributed by atoms with Crippen molar-refractivity contribution in [2.45, 2.75) is 32.9 Å². The van der Waals surface area contributed by atoms with Crippen LogP contribution >= 0.6 is 11.3 Å². The summed E-state index contributed by atoms with van der Waals surface area (Å²) in [5, 5.41) is 5.06. The summed E-state index contributed by atoms with van der Waals surface area (Å²) in [6, 6.07) is 16.3. The molecule has 2 aromatic carbocycles. The molecule has 4 rings (SSSR count). The molecule has 1 fully saturated rings. The number of carbonyl (C=O) groups is 3. The highest BCUT2D eigenvalue weighted by Crippen LogP contribution is 2.32. The van der Waals surface area contributed by atoms with E-state index in [9.17, 15) is 14.4 Å². The fourth-order valence-electron chi connectivity index (χ4n) is 3.56. The van der Waals surface area contributed by atoms with Gasteiger partial charge in [-0.1, -0.05) is 48.0 Å². The molecule has 158 valence electrons. The van der Waals surface area contributed by atoms with Crippen LogP contribution < -0.4 is 10.2 Å². The number of hydrogen-bond acceptors (Lipinski definition) is 5. The third kappa shape index (κ3) is 3.82. The van der Waals surface area contributed by atoms with Crippen molar-refractivity contribution < 1.29 is 14.4 Å². The highest BCUT2D eigenvalue weighted by atomic mass is 32.1. The number of anilines is 2. The van der Waals surface area contributed by atoms with Crippen molar-refractivity contribution >= 4 is 40.0 Å². The number of amides is 4. The first-order valence-electron chi connectivity index (χ1n) is 9.81. The topological polar surface area (TPSA) is 82.6 Å². The molecule has 1 aliphatic heterocycles. The van der Waals surface area contributed by atoms with Crippen LogP contribution in [0.5, 0.6) is 0 Å². The number of hydrogen-bond donors (Lipinski definition) is 1. The van der Waals surface area contributed by atoms with Crippen molar-refractivity contribution in [2.75, 3.05) is 4.90 Å². The second-order valence-corrected chi connectivity index (χ2v) is 8.46. The van der Waals surface area contributed by atoms with Crippen molar-refractivity contribution in [3.63, 3.8) is 0 Å². The summed E-state index contributed by atoms with van der Waals surface area (Å²) >= 11 is 1.29. The van der Waals surface area contributed by atoms with Gasteiger partial charge in [0.15, 0.2) is 5.13 Å². The number of carbonyl (C=O) groups excluding carboxylic acids is 3. The Balaban J connectivity index is 1.57. The van der Waals surface area contributed by atoms with Crippen LogP contribution in [0.15, 0.2) is 60.0 Å². The zero-order valence-electron chi connectivity index (χ0n) is 17.5. The van der Waals surface area contributed by atoms with E-state index in [1.54, 1.807) is 12.3 Å². The van der Waals surface area contributed by atoms with Gasteiger partial charge in [-0.2, -0.15) is 0 Å². The molecular weight excluding hydrogens is 412 g/mol. The average Bonchev–Trinajstić information content (AvgIpc) is 3.28. The Hall–Kier alpha value is -3.52. The molecule has 1 N–H and O–H groups in total. The number of urea groups is 1. The lowest BCUT2D eigenvalue weighted by Crippen LogP contribution is -2.40. The lowest BCUT2D eigenvalue weighted by Gasteiger charge is -2.22. The van der Waals surface area contributed by atoms with Gasteiger partial charge >= 0.3 is 6.03 Å². The molecular formula is C23H22N4O3S. The van der Waals surface area contributed by atoms with Crippen LogP contribution in [-0.2, 0) is 21.7 Å². The fourth-order valence-corrected chi connectivity index (χ4v) is 4.44. The van der Waals surface area contributed by atoms with Gasteiger partial charge in [-0.15, -0.1) is 11.3 Å². The van der Waals surface area contributed by atoms with E-state index in [1.807, 2.05) is 61.5 Å². The molecule has 0 aliphatic carbocycles. The van der Waals surface area contributed by atoms with Gasteiger partial charge < -0.3 is 5.32 Å². The smallest absolute Gasteiger partial charge is 0.319 e. The average molecular weight is 435 g/mol. The SMILES string of the molecule is CC(=O)N(c1ccccc1)c1nc(CN2C(=O)NC(C)(c3ccc(C)cc3)C2=O)cs1. The van der Waals surface area contributed by atoms with E-state index in [0.717, 1.165) is 11.1 Å². The van der Waals surface area contributed by atoms with E-state index >= 15 is 0 Å². The monoisotopic (exact) mass is 434 g/mol. The van der Waals surface area contributed by atoms with Gasteiger partial charge in [-0.25, -0.2) is 9.78 Å². The number of nitrogens with one attached hydrogen (secondary N) is 1. The van der Waals surface area contributed by atoms with E-state index in [-0.39, 0.29) is 18.4 Å². The molecule has 7 nitrogen and oxygen atoms in total. The third-order valence-electron chi connectivity index (χ3n) is 5.28. The minimum absolute atomic E-state index is 0.0309. The largest absolute Gasteiger partial charge is 0.325 e. The van der Waals surface area contributed by atoms with E-state index in [4.69, 9.17) is 0 Å². The van der Waals surface area contributed by atoms with Crippen LogP contribution in [0, 0.1) is 6.92 Å². The minimum Gasteiger partial charge on any atom is -0.319 e. The Labute approximate surface area is 184 Å². The maximum Gasteiger partial charge on any atom is 0.325 e. The van der Waals surface area contributed by atoms with Crippen LogP contribution in [0.2, 0.25) is 0 Å². The van der Waals surface area contributed by atoms with Crippen LogP contribution in [0.1, 0.15) is 30.7 Å². The lowest BCUT2D eigenvalue weighted by molar-refractivity contribution is -0.131. The Kier molecular flexibility index (Phi) is 5.32. The lowest BCUT2D eigenvalue weighted by atomic mass is 9.91. The zero-order chi connectivity index (χ0) is 22.2. The molecule has 8 heteroatoms. The Bertz CT molecular complexity index is 1140. The molecule has 0 saturated carbocycles. The van der Waals surface area contributed by atoms with E-state index in [0.29, 0.717) is 16.5 Å². The summed E-state index contributed by atoms with van der Waals surface area (Å²) < 4.78 is 0. The predicted octanol–water partition coefficient (Wildman–Crippen LogP) is 4.10. The molecule has 1 unspecified atom stereocenters. The number of para-hydroxylation sites is 1. The molecule has 4 amide bonds. The summed E-state index contributed by atoms with van der Waals surface area (Å²) in [6.45, 7) is 5.17. The molecule has 2 heterocycles. The first kappa shape index (κ1) is 20.7. The molecule has 1 aromatic heterocycles. The number of aryl methyl sites for hydroxylation is 1. The van der Waals surface area contributed by atoms with Crippen LogP contribution in [0.25, 0.3) is 0 Å². The molecule has 3 aromatic rings. The quantitative estimate of drug-likeness (QED) is 0.613. The molecule has 31 heavy (non-hydrogen) atoms. The Morgan fingerprint density at radius 1 is 1.13 bits per heavy atom. The summed E-state index contributed by atoms with van der Waals surface area (Å²) in [5.41, 5.74) is 1.92. The maximum atomic E-state index is 13.2. The van der Waals surface area contributed by atoms with Gasteiger partial charge in [0, 0.05) is 12.3 Å². The van der Waals surface area contributed by atoms with Gasteiger partial charge in [-0.3, -0.25) is 19.4 Å². The molecule has 1 saturated heterocycles. The first-order chi connectivity index (χ1) is 14.8. The van der Waals surface area contributed by atoms with Crippen molar-refractivity contribution in [1.82, 2.24) is 15.2 Å². The number of benzene rings is 2. The van der Waals surface area contributed by atoms with Crippen LogP contribution in [-0.4, -0.2) is 27.7 Å².